The molecular formula is C42H38F3N3O3. The number of methoxy groups -OCH3 is 2. The number of rotatable bonds is 8. The number of hydrogen-bond donors (Lipinski definition) is 1. The van der Waals surface area contributed by atoms with E-state index in [1.807, 2.05) is 78.9 Å². The van der Waals surface area contributed by atoms with Gasteiger partial charge < -0.3 is 19.5 Å². The third-order valence-electron chi connectivity index (χ3n) is 9.72. The number of halogens is 3. The molecule has 0 spiro atoms. The fourth-order valence-corrected chi connectivity index (χ4v) is 6.71. The molecule has 0 bridgehead atoms. The number of aliphatic imine (C=N–C) groups is 1. The van der Waals surface area contributed by atoms with Crippen LogP contribution in [0.15, 0.2) is 126 Å². The number of ether oxygens (including phenoxy) is 3. The van der Waals surface area contributed by atoms with Crippen molar-refractivity contribution < 1.29 is 27.4 Å². The third-order valence-corrected chi connectivity index (χ3v) is 9.72. The summed E-state index contributed by atoms with van der Waals surface area (Å²) in [5.41, 5.74) is -2.13. The van der Waals surface area contributed by atoms with E-state index in [2.05, 4.69) is 11.4 Å². The molecule has 0 unspecified atom stereocenters. The quantitative estimate of drug-likeness (QED) is 0.165. The minimum Gasteiger partial charge on any atom is -0.497 e. The van der Waals surface area contributed by atoms with E-state index in [1.54, 1.807) is 38.5 Å². The Kier molecular flexibility index (Phi) is 9.41. The zero-order valence-electron chi connectivity index (χ0n) is 29.0. The molecule has 0 amide bonds. The Labute approximate surface area is 296 Å². The highest BCUT2D eigenvalue weighted by atomic mass is 19.3. The molecule has 260 valence electrons. The normalized spacial score (nSPS) is 18.1. The van der Waals surface area contributed by atoms with Crippen molar-refractivity contribution in [3.05, 3.63) is 155 Å². The van der Waals surface area contributed by atoms with Gasteiger partial charge in [-0.1, -0.05) is 72.8 Å². The Morgan fingerprint density at radius 2 is 1.27 bits per heavy atom. The first-order chi connectivity index (χ1) is 24.4. The van der Waals surface area contributed by atoms with Gasteiger partial charge in [-0.25, -0.2) is 13.2 Å². The Morgan fingerprint density at radius 1 is 0.745 bits per heavy atom. The molecule has 0 saturated carbocycles. The second kappa shape index (κ2) is 13.6. The fraction of sp³-hybridized carbons (Fsp3) is 0.238. The molecule has 0 aliphatic carbocycles. The van der Waals surface area contributed by atoms with Crippen molar-refractivity contribution in [1.29, 1.82) is 5.26 Å². The molecule has 0 radical (unpaired) electrons. The van der Waals surface area contributed by atoms with Crippen LogP contribution in [-0.4, -0.2) is 38.2 Å². The number of alkyl halides is 2. The highest BCUT2D eigenvalue weighted by molar-refractivity contribution is 5.87. The van der Waals surface area contributed by atoms with Gasteiger partial charge >= 0.3 is 5.92 Å². The standard InChI is InChI=1S/C42H38F3N3O3/c1-39(2)42(44,45)40(3,36-25-30(15-24-37(36)43)29-13-11-28(26-46)12-14-29)47-38(27-51-39)48-41(31-9-7-6-8-10-31,32-16-20-34(49-4)21-17-32)33-18-22-35(50-5)23-19-33/h6-25H,27H2,1-5H3,(H,47,48)/t40-/m1/s1. The maximum absolute atomic E-state index is 17.0. The summed E-state index contributed by atoms with van der Waals surface area (Å²) in [6, 6.07) is 37.3. The average molecular weight is 690 g/mol. The maximum atomic E-state index is 17.0. The van der Waals surface area contributed by atoms with Crippen molar-refractivity contribution in [3.8, 4) is 28.7 Å². The summed E-state index contributed by atoms with van der Waals surface area (Å²) < 4.78 is 67.0. The highest BCUT2D eigenvalue weighted by Crippen LogP contribution is 2.51. The van der Waals surface area contributed by atoms with Crippen molar-refractivity contribution in [2.75, 3.05) is 20.8 Å². The van der Waals surface area contributed by atoms with Crippen LogP contribution in [0.5, 0.6) is 11.5 Å². The molecule has 5 aromatic rings. The lowest BCUT2D eigenvalue weighted by molar-refractivity contribution is -0.214. The lowest BCUT2D eigenvalue weighted by Crippen LogP contribution is -2.56. The van der Waals surface area contributed by atoms with Crippen molar-refractivity contribution in [3.63, 3.8) is 0 Å². The summed E-state index contributed by atoms with van der Waals surface area (Å²) in [5.74, 6) is -3.19. The van der Waals surface area contributed by atoms with Crippen LogP contribution in [0.25, 0.3) is 11.1 Å². The molecule has 1 N–H and O–H groups in total. The molecule has 1 atom stereocenters. The predicted molar refractivity (Wildman–Crippen MR) is 192 cm³/mol. The van der Waals surface area contributed by atoms with Crippen LogP contribution in [0.1, 0.15) is 48.6 Å². The summed E-state index contributed by atoms with van der Waals surface area (Å²) in [4.78, 5) is 4.78. The number of nitrogens with zero attached hydrogens (tertiary/aromatic N) is 2. The molecular weight excluding hydrogens is 651 g/mol. The number of benzene rings is 5. The predicted octanol–water partition coefficient (Wildman–Crippen LogP) is 9.02. The summed E-state index contributed by atoms with van der Waals surface area (Å²) in [6.45, 7) is 3.51. The Balaban J connectivity index is 1.59. The van der Waals surface area contributed by atoms with Crippen LogP contribution in [0, 0.1) is 17.1 Å². The van der Waals surface area contributed by atoms with Gasteiger partial charge in [0.25, 0.3) is 0 Å². The van der Waals surface area contributed by atoms with Crippen LogP contribution in [0.2, 0.25) is 0 Å². The van der Waals surface area contributed by atoms with Crippen LogP contribution in [0.3, 0.4) is 0 Å². The Morgan fingerprint density at radius 3 is 1.80 bits per heavy atom. The molecule has 1 aliphatic rings. The monoisotopic (exact) mass is 689 g/mol. The molecule has 9 heteroatoms. The van der Waals surface area contributed by atoms with E-state index < -0.39 is 28.4 Å². The summed E-state index contributed by atoms with van der Waals surface area (Å²) in [5, 5.41) is 12.8. The number of amidine groups is 1. The van der Waals surface area contributed by atoms with Crippen LogP contribution in [-0.2, 0) is 15.8 Å². The third kappa shape index (κ3) is 6.21. The second-order valence-electron chi connectivity index (χ2n) is 13.1. The summed E-state index contributed by atoms with van der Waals surface area (Å²) in [6.07, 6.45) is 0. The molecule has 1 heterocycles. The van der Waals surface area contributed by atoms with Gasteiger partial charge in [-0.3, -0.25) is 4.99 Å². The molecule has 0 fully saturated rings. The zero-order valence-corrected chi connectivity index (χ0v) is 29.0. The van der Waals surface area contributed by atoms with E-state index in [1.165, 1.54) is 39.0 Å². The molecule has 6 nitrogen and oxygen atoms in total. The second-order valence-corrected chi connectivity index (χ2v) is 13.1. The molecule has 1 aliphatic heterocycles. The molecule has 6 rings (SSSR count). The van der Waals surface area contributed by atoms with Gasteiger partial charge in [0.1, 0.15) is 40.9 Å². The molecule has 51 heavy (non-hydrogen) atoms. The number of nitriles is 1. The van der Waals surface area contributed by atoms with Gasteiger partial charge in [0, 0.05) is 5.56 Å². The van der Waals surface area contributed by atoms with E-state index in [9.17, 15) is 5.26 Å². The van der Waals surface area contributed by atoms with Crippen LogP contribution in [0.4, 0.5) is 13.2 Å². The average Bonchev–Trinajstić information content (AvgIpc) is 3.22. The van der Waals surface area contributed by atoms with E-state index >= 15 is 13.2 Å². The first-order valence-electron chi connectivity index (χ1n) is 16.4. The molecule has 5 aromatic carbocycles. The van der Waals surface area contributed by atoms with Crippen molar-refractivity contribution in [2.45, 2.75) is 43.4 Å². The summed E-state index contributed by atoms with van der Waals surface area (Å²) in [7, 11) is 3.16. The van der Waals surface area contributed by atoms with Gasteiger partial charge in [0.05, 0.1) is 25.9 Å². The zero-order chi connectivity index (χ0) is 36.4. The van der Waals surface area contributed by atoms with Gasteiger partial charge in [0.2, 0.25) is 0 Å². The number of hydrogen-bond acceptors (Lipinski definition) is 6. The lowest BCUT2D eigenvalue weighted by Gasteiger charge is -2.42. The SMILES string of the molecule is COc1ccc(C(NC2=N[C@](C)(c3cc(-c4ccc(C#N)cc4)ccc3F)C(F)(F)C(C)(C)OC2)(c2ccccc2)c2ccc(OC)cc2)cc1. The first-order valence-corrected chi connectivity index (χ1v) is 16.4. The Bertz CT molecular complexity index is 2030. The van der Waals surface area contributed by atoms with E-state index in [4.69, 9.17) is 19.2 Å². The largest absolute Gasteiger partial charge is 0.497 e. The van der Waals surface area contributed by atoms with E-state index in [0.29, 0.717) is 28.2 Å². The first kappa shape index (κ1) is 35.2. The van der Waals surface area contributed by atoms with Gasteiger partial charge in [-0.05, 0) is 97.1 Å². The molecule has 0 aromatic heterocycles. The van der Waals surface area contributed by atoms with Crippen molar-refractivity contribution in [2.24, 2.45) is 4.99 Å². The minimum atomic E-state index is -3.71. The topological polar surface area (TPSA) is 75.9 Å². The van der Waals surface area contributed by atoms with E-state index in [0.717, 1.165) is 16.7 Å². The smallest absolute Gasteiger partial charge is 0.304 e. The minimum absolute atomic E-state index is 0.0846. The van der Waals surface area contributed by atoms with Crippen LogP contribution < -0.4 is 14.8 Å². The van der Waals surface area contributed by atoms with Gasteiger partial charge in [0.15, 0.2) is 5.54 Å². The number of nitrogens with one attached hydrogen (secondary N) is 1. The fourth-order valence-electron chi connectivity index (χ4n) is 6.71. The van der Waals surface area contributed by atoms with Crippen molar-refractivity contribution >= 4 is 5.84 Å². The van der Waals surface area contributed by atoms with Gasteiger partial charge in [-0.2, -0.15) is 5.26 Å². The van der Waals surface area contributed by atoms with Crippen molar-refractivity contribution in [1.82, 2.24) is 5.32 Å². The van der Waals surface area contributed by atoms with Gasteiger partial charge in [-0.15, -0.1) is 0 Å². The van der Waals surface area contributed by atoms with E-state index in [-0.39, 0.29) is 18.0 Å². The molecule has 0 saturated heterocycles. The van der Waals surface area contributed by atoms with Crippen LogP contribution >= 0.6 is 0 Å². The Hall–Kier alpha value is -5.59. The maximum Gasteiger partial charge on any atom is 0.304 e. The summed E-state index contributed by atoms with van der Waals surface area (Å²) >= 11 is 0. The lowest BCUT2D eigenvalue weighted by atomic mass is 9.76. The highest BCUT2D eigenvalue weighted by Gasteiger charge is 2.64.